The fourth-order valence-corrected chi connectivity index (χ4v) is 5.02. The Hall–Kier alpha value is -2.28. The van der Waals surface area contributed by atoms with E-state index in [9.17, 15) is 23.4 Å². The van der Waals surface area contributed by atoms with Crippen LogP contribution < -0.4 is 5.32 Å². The highest BCUT2D eigenvalue weighted by Crippen LogP contribution is 2.39. The average Bonchev–Trinajstić information content (AvgIpc) is 3.24. The van der Waals surface area contributed by atoms with Crippen LogP contribution >= 0.6 is 0 Å². The van der Waals surface area contributed by atoms with Crippen molar-refractivity contribution in [1.82, 2.24) is 14.8 Å². The standard InChI is InChI=1S/C24H29F3N4O4/c25-24(26,27)17-7-4-8-18(28-17)29-19-20(32)21(33)23(15-34-22(19)35-23)14-31-11-9-30(10-12-31)13-16-5-2-1-3-6-16/h1-8,19-22,32-33H,9-15H2,(H,28,29)/t19-,20-,21-,22+,23+/m1/s1. The first-order valence-electron chi connectivity index (χ1n) is 11.7. The van der Waals surface area contributed by atoms with Crippen LogP contribution in [-0.2, 0) is 22.2 Å². The van der Waals surface area contributed by atoms with Crippen molar-refractivity contribution in [3.8, 4) is 0 Å². The van der Waals surface area contributed by atoms with Gasteiger partial charge in [0, 0.05) is 39.3 Å². The molecule has 0 unspecified atom stereocenters. The van der Waals surface area contributed by atoms with Crippen LogP contribution in [-0.4, -0.2) is 94.5 Å². The lowest BCUT2D eigenvalue weighted by molar-refractivity contribution is -0.220. The molecule has 2 aromatic rings. The van der Waals surface area contributed by atoms with Crippen LogP contribution in [0.2, 0.25) is 0 Å². The Bertz CT molecular complexity index is 1010. The molecule has 5 atom stereocenters. The quantitative estimate of drug-likeness (QED) is 0.558. The molecule has 3 N–H and O–H groups in total. The largest absolute Gasteiger partial charge is 0.433 e. The number of aliphatic hydroxyl groups excluding tert-OH is 2. The fraction of sp³-hybridized carbons (Fsp3) is 0.542. The number of pyridine rings is 1. The topological polar surface area (TPSA) is 90.3 Å². The molecule has 1 aromatic carbocycles. The SMILES string of the molecule is O[C@@H]1[C@@H](Nc2cccc(C(F)(F)F)n2)[C@H]2OC[C@](CN3CCN(Cc4ccccc4)CC3)(O2)[C@@H]1O. The third-order valence-corrected chi connectivity index (χ3v) is 6.93. The number of nitrogens with zero attached hydrogens (tertiary/aromatic N) is 3. The van der Waals surface area contributed by atoms with Crippen LogP contribution in [0.4, 0.5) is 19.0 Å². The van der Waals surface area contributed by atoms with Gasteiger partial charge in [-0.25, -0.2) is 4.98 Å². The van der Waals surface area contributed by atoms with Crippen LogP contribution in [0.3, 0.4) is 0 Å². The molecule has 190 valence electrons. The molecular weight excluding hydrogens is 465 g/mol. The van der Waals surface area contributed by atoms with E-state index < -0.39 is 42.0 Å². The summed E-state index contributed by atoms with van der Waals surface area (Å²) in [7, 11) is 0. The lowest BCUT2D eigenvalue weighted by Gasteiger charge is -2.46. The van der Waals surface area contributed by atoms with E-state index in [1.807, 2.05) is 18.2 Å². The summed E-state index contributed by atoms with van der Waals surface area (Å²) >= 11 is 0. The summed E-state index contributed by atoms with van der Waals surface area (Å²) in [5.41, 5.74) is -0.901. The Morgan fingerprint density at radius 2 is 1.71 bits per heavy atom. The van der Waals surface area contributed by atoms with Gasteiger partial charge >= 0.3 is 6.18 Å². The van der Waals surface area contributed by atoms with Gasteiger partial charge in [0.2, 0.25) is 0 Å². The zero-order chi connectivity index (χ0) is 24.6. The van der Waals surface area contributed by atoms with Crippen LogP contribution in [0, 0.1) is 0 Å². The summed E-state index contributed by atoms with van der Waals surface area (Å²) in [5, 5.41) is 24.6. The summed E-state index contributed by atoms with van der Waals surface area (Å²) in [4.78, 5) is 8.13. The molecule has 0 amide bonds. The Morgan fingerprint density at radius 1 is 1.00 bits per heavy atom. The number of aliphatic hydroxyl groups is 2. The predicted octanol–water partition coefficient (Wildman–Crippen LogP) is 1.55. The van der Waals surface area contributed by atoms with Crippen molar-refractivity contribution < 1.29 is 32.9 Å². The number of nitrogens with one attached hydrogen (secondary N) is 1. The van der Waals surface area contributed by atoms with Gasteiger partial charge < -0.3 is 25.0 Å². The van der Waals surface area contributed by atoms with Crippen LogP contribution in [0.5, 0.6) is 0 Å². The third-order valence-electron chi connectivity index (χ3n) is 6.93. The zero-order valence-corrected chi connectivity index (χ0v) is 19.1. The second-order valence-electron chi connectivity index (χ2n) is 9.41. The number of fused-ring (bicyclic) bond motifs is 2. The summed E-state index contributed by atoms with van der Waals surface area (Å²) in [6.45, 7) is 4.62. The Balaban J connectivity index is 1.19. The van der Waals surface area contributed by atoms with E-state index in [4.69, 9.17) is 9.47 Å². The number of anilines is 1. The lowest BCUT2D eigenvalue weighted by atomic mass is 9.87. The molecule has 0 aliphatic carbocycles. The van der Waals surface area contributed by atoms with E-state index in [1.165, 1.54) is 17.7 Å². The number of hydrogen-bond donors (Lipinski definition) is 3. The minimum atomic E-state index is -4.59. The molecule has 3 saturated heterocycles. The minimum Gasteiger partial charge on any atom is -0.388 e. The monoisotopic (exact) mass is 494 g/mol. The van der Waals surface area contributed by atoms with Crippen LogP contribution in [0.25, 0.3) is 0 Å². The highest BCUT2D eigenvalue weighted by molar-refractivity contribution is 5.38. The van der Waals surface area contributed by atoms with Crippen molar-refractivity contribution in [1.29, 1.82) is 0 Å². The average molecular weight is 495 g/mol. The van der Waals surface area contributed by atoms with Crippen molar-refractivity contribution in [3.05, 3.63) is 59.8 Å². The molecule has 1 aromatic heterocycles. The van der Waals surface area contributed by atoms with Gasteiger partial charge in [0.15, 0.2) is 6.29 Å². The summed E-state index contributed by atoms with van der Waals surface area (Å²) < 4.78 is 50.8. The van der Waals surface area contributed by atoms with E-state index >= 15 is 0 Å². The van der Waals surface area contributed by atoms with Crippen molar-refractivity contribution >= 4 is 5.82 Å². The van der Waals surface area contributed by atoms with Crippen molar-refractivity contribution in [2.45, 2.75) is 42.9 Å². The van der Waals surface area contributed by atoms with Gasteiger partial charge in [0.25, 0.3) is 0 Å². The van der Waals surface area contributed by atoms with E-state index in [0.29, 0.717) is 6.54 Å². The zero-order valence-electron chi connectivity index (χ0n) is 19.1. The van der Waals surface area contributed by atoms with Crippen LogP contribution in [0.1, 0.15) is 11.3 Å². The van der Waals surface area contributed by atoms with Gasteiger partial charge in [-0.15, -0.1) is 0 Å². The molecule has 8 nitrogen and oxygen atoms in total. The Labute approximate surface area is 201 Å². The molecule has 3 fully saturated rings. The smallest absolute Gasteiger partial charge is 0.388 e. The van der Waals surface area contributed by atoms with E-state index in [-0.39, 0.29) is 12.4 Å². The van der Waals surface area contributed by atoms with Gasteiger partial charge in [-0.1, -0.05) is 36.4 Å². The van der Waals surface area contributed by atoms with Crippen molar-refractivity contribution in [2.24, 2.45) is 0 Å². The molecule has 3 aliphatic rings. The molecule has 3 aliphatic heterocycles. The summed E-state index contributed by atoms with van der Waals surface area (Å²) in [5.74, 6) is -0.0859. The minimum absolute atomic E-state index is 0.0777. The maximum atomic E-state index is 13.0. The highest BCUT2D eigenvalue weighted by atomic mass is 19.4. The third kappa shape index (κ3) is 5.16. The Kier molecular flexibility index (Phi) is 6.73. The number of halogens is 3. The molecule has 0 radical (unpaired) electrons. The van der Waals surface area contributed by atoms with Gasteiger partial charge in [0.1, 0.15) is 35.4 Å². The maximum absolute atomic E-state index is 13.0. The highest BCUT2D eigenvalue weighted by Gasteiger charge is 2.59. The van der Waals surface area contributed by atoms with E-state index in [0.717, 1.165) is 38.8 Å². The van der Waals surface area contributed by atoms with Crippen molar-refractivity contribution in [2.75, 3.05) is 44.6 Å². The first-order chi connectivity index (χ1) is 16.7. The van der Waals surface area contributed by atoms with Gasteiger partial charge in [-0.2, -0.15) is 13.2 Å². The second kappa shape index (κ2) is 9.64. The van der Waals surface area contributed by atoms with Gasteiger partial charge in [0.05, 0.1) is 6.61 Å². The maximum Gasteiger partial charge on any atom is 0.433 e. The lowest BCUT2D eigenvalue weighted by Crippen LogP contribution is -2.66. The van der Waals surface area contributed by atoms with Crippen LogP contribution in [0.15, 0.2) is 48.5 Å². The first-order valence-corrected chi connectivity index (χ1v) is 11.7. The number of benzene rings is 1. The summed E-state index contributed by atoms with van der Waals surface area (Å²) in [6.07, 6.45) is -8.12. The number of aromatic nitrogens is 1. The van der Waals surface area contributed by atoms with E-state index in [2.05, 4.69) is 32.2 Å². The van der Waals surface area contributed by atoms with Crippen molar-refractivity contribution in [3.63, 3.8) is 0 Å². The number of hydrogen-bond acceptors (Lipinski definition) is 8. The first kappa shape index (κ1) is 24.4. The van der Waals surface area contributed by atoms with Gasteiger partial charge in [-0.3, -0.25) is 9.80 Å². The Morgan fingerprint density at radius 3 is 2.43 bits per heavy atom. The summed E-state index contributed by atoms with van der Waals surface area (Å²) in [6, 6.07) is 12.7. The molecule has 0 saturated carbocycles. The number of piperazine rings is 1. The second-order valence-corrected chi connectivity index (χ2v) is 9.41. The molecule has 11 heteroatoms. The number of ether oxygens (including phenoxy) is 2. The molecular formula is C24H29F3N4O4. The number of rotatable bonds is 6. The molecule has 0 spiro atoms. The van der Waals surface area contributed by atoms with E-state index in [1.54, 1.807) is 0 Å². The fourth-order valence-electron chi connectivity index (χ4n) is 5.02. The normalized spacial score (nSPS) is 32.0. The molecule has 35 heavy (non-hydrogen) atoms. The molecule has 5 rings (SSSR count). The number of alkyl halides is 3. The molecule has 2 bridgehead atoms. The van der Waals surface area contributed by atoms with Gasteiger partial charge in [-0.05, 0) is 17.7 Å². The predicted molar refractivity (Wildman–Crippen MR) is 120 cm³/mol. The molecule has 4 heterocycles.